The minimum Gasteiger partial charge on any atom is -0.399 e. The molecule has 0 aliphatic carbocycles. The van der Waals surface area contributed by atoms with Crippen molar-refractivity contribution in [2.75, 3.05) is 5.73 Å². The van der Waals surface area contributed by atoms with Gasteiger partial charge in [-0.1, -0.05) is 0 Å². The molecular formula is C6H8Cl2N2O2. The Kier molecular flexibility index (Phi) is 6.37. The molecule has 0 unspecified atom stereocenters. The number of hydrogen-bond donors (Lipinski definition) is 1. The summed E-state index contributed by atoms with van der Waals surface area (Å²) in [6, 6.07) is 5.74. The van der Waals surface area contributed by atoms with Gasteiger partial charge in [-0.05, 0) is 12.1 Å². The van der Waals surface area contributed by atoms with E-state index < -0.39 is 4.92 Å². The number of nitro benzene ring substituents is 1. The van der Waals surface area contributed by atoms with E-state index in [4.69, 9.17) is 5.73 Å². The van der Waals surface area contributed by atoms with Gasteiger partial charge in [-0.25, -0.2) is 0 Å². The molecule has 0 aliphatic rings. The van der Waals surface area contributed by atoms with E-state index in [9.17, 15) is 10.1 Å². The highest BCUT2D eigenvalue weighted by atomic mass is 35.5. The molecule has 1 rings (SSSR count). The Balaban J connectivity index is 0. The molecular weight excluding hydrogens is 203 g/mol. The summed E-state index contributed by atoms with van der Waals surface area (Å²) in [7, 11) is 0. The van der Waals surface area contributed by atoms with Crippen molar-refractivity contribution in [2.45, 2.75) is 0 Å². The van der Waals surface area contributed by atoms with Crippen LogP contribution in [0, 0.1) is 10.1 Å². The van der Waals surface area contributed by atoms with Crippen molar-refractivity contribution in [3.05, 3.63) is 34.4 Å². The molecule has 4 nitrogen and oxygen atoms in total. The third kappa shape index (κ3) is 3.41. The summed E-state index contributed by atoms with van der Waals surface area (Å²) in [4.78, 5) is 9.62. The van der Waals surface area contributed by atoms with Gasteiger partial charge in [0.25, 0.3) is 5.69 Å². The third-order valence-electron chi connectivity index (χ3n) is 1.10. The Morgan fingerprint density at radius 3 is 1.92 bits per heavy atom. The number of anilines is 1. The Morgan fingerprint density at radius 2 is 1.58 bits per heavy atom. The number of nitrogens with zero attached hydrogens (tertiary/aromatic N) is 1. The molecule has 0 atom stereocenters. The van der Waals surface area contributed by atoms with E-state index in [1.165, 1.54) is 24.3 Å². The fourth-order valence-electron chi connectivity index (χ4n) is 0.596. The van der Waals surface area contributed by atoms with Crippen molar-refractivity contribution < 1.29 is 4.92 Å². The number of nitrogens with two attached hydrogens (primary N) is 1. The van der Waals surface area contributed by atoms with Crippen LogP contribution in [-0.2, 0) is 0 Å². The molecule has 6 heteroatoms. The second-order valence-electron chi connectivity index (χ2n) is 1.85. The Labute approximate surface area is 81.7 Å². The molecule has 0 radical (unpaired) electrons. The first-order chi connectivity index (χ1) is 4.70. The van der Waals surface area contributed by atoms with Gasteiger partial charge in [0.05, 0.1) is 4.92 Å². The van der Waals surface area contributed by atoms with Gasteiger partial charge in [-0.2, -0.15) is 0 Å². The average Bonchev–Trinajstić information content (AvgIpc) is 1.88. The standard InChI is InChI=1S/C6H6N2O2.2ClH/c7-5-1-3-6(4-2-5)8(9)10;;/h1-4H,7H2;2*1H. The van der Waals surface area contributed by atoms with Crippen LogP contribution in [0.5, 0.6) is 0 Å². The predicted octanol–water partition coefficient (Wildman–Crippen LogP) is 2.02. The maximum atomic E-state index is 10.1. The van der Waals surface area contributed by atoms with Gasteiger partial charge in [0, 0.05) is 17.8 Å². The van der Waals surface area contributed by atoms with Crippen molar-refractivity contribution >= 4 is 36.2 Å². The number of halogens is 2. The Bertz CT molecular complexity index is 250. The summed E-state index contributed by atoms with van der Waals surface area (Å²) in [5.41, 5.74) is 5.90. The number of rotatable bonds is 1. The lowest BCUT2D eigenvalue weighted by Crippen LogP contribution is -1.88. The summed E-state index contributed by atoms with van der Waals surface area (Å²) in [6.45, 7) is 0. The van der Waals surface area contributed by atoms with Crippen LogP contribution in [0.3, 0.4) is 0 Å². The van der Waals surface area contributed by atoms with Crippen LogP contribution < -0.4 is 5.73 Å². The van der Waals surface area contributed by atoms with Crippen LogP contribution in [0.15, 0.2) is 24.3 Å². The van der Waals surface area contributed by atoms with E-state index in [0.29, 0.717) is 5.69 Å². The molecule has 68 valence electrons. The zero-order valence-electron chi connectivity index (χ0n) is 5.97. The van der Waals surface area contributed by atoms with Crippen molar-refractivity contribution in [3.63, 3.8) is 0 Å². The zero-order chi connectivity index (χ0) is 7.56. The number of nitrogen functional groups attached to an aromatic ring is 1. The first-order valence-electron chi connectivity index (χ1n) is 2.70. The SMILES string of the molecule is Cl.Cl.Nc1ccc([N+](=O)[O-])cc1. The van der Waals surface area contributed by atoms with Gasteiger partial charge in [0.2, 0.25) is 0 Å². The fraction of sp³-hybridized carbons (Fsp3) is 0. The number of hydrogen-bond acceptors (Lipinski definition) is 3. The van der Waals surface area contributed by atoms with Gasteiger partial charge in [-0.15, -0.1) is 24.8 Å². The first kappa shape index (κ1) is 13.6. The molecule has 2 N–H and O–H groups in total. The van der Waals surface area contributed by atoms with Gasteiger partial charge in [0.15, 0.2) is 0 Å². The van der Waals surface area contributed by atoms with E-state index in [-0.39, 0.29) is 30.5 Å². The van der Waals surface area contributed by atoms with Gasteiger partial charge < -0.3 is 5.73 Å². The van der Waals surface area contributed by atoms with Gasteiger partial charge >= 0.3 is 0 Å². The molecule has 1 aromatic carbocycles. The predicted molar refractivity (Wildman–Crippen MR) is 52.0 cm³/mol. The minimum absolute atomic E-state index is 0. The highest BCUT2D eigenvalue weighted by Gasteiger charge is 2.00. The summed E-state index contributed by atoms with van der Waals surface area (Å²) < 4.78 is 0. The van der Waals surface area contributed by atoms with E-state index in [1.807, 2.05) is 0 Å². The van der Waals surface area contributed by atoms with Crippen LogP contribution in [0.1, 0.15) is 0 Å². The smallest absolute Gasteiger partial charge is 0.269 e. The summed E-state index contributed by atoms with van der Waals surface area (Å²) >= 11 is 0. The highest BCUT2D eigenvalue weighted by molar-refractivity contribution is 5.85. The van der Waals surface area contributed by atoms with Crippen molar-refractivity contribution in [3.8, 4) is 0 Å². The molecule has 0 spiro atoms. The maximum absolute atomic E-state index is 10.1. The molecule has 0 saturated carbocycles. The summed E-state index contributed by atoms with van der Waals surface area (Å²) in [5.74, 6) is 0. The molecule has 1 aromatic rings. The lowest BCUT2D eigenvalue weighted by molar-refractivity contribution is -0.384. The Hall–Kier alpha value is -1.00. The second kappa shape index (κ2) is 5.62. The minimum atomic E-state index is -0.459. The molecule has 0 fully saturated rings. The summed E-state index contributed by atoms with van der Waals surface area (Å²) in [5, 5.41) is 10.1. The van der Waals surface area contributed by atoms with Crippen molar-refractivity contribution in [1.82, 2.24) is 0 Å². The molecule has 0 amide bonds. The molecule has 0 aliphatic heterocycles. The molecule has 0 heterocycles. The van der Waals surface area contributed by atoms with Crippen LogP contribution in [0.4, 0.5) is 11.4 Å². The zero-order valence-corrected chi connectivity index (χ0v) is 7.60. The largest absolute Gasteiger partial charge is 0.399 e. The number of non-ortho nitro benzene ring substituents is 1. The van der Waals surface area contributed by atoms with E-state index in [2.05, 4.69) is 0 Å². The fourth-order valence-corrected chi connectivity index (χ4v) is 0.596. The molecule has 12 heavy (non-hydrogen) atoms. The molecule has 0 saturated heterocycles. The van der Waals surface area contributed by atoms with Crippen molar-refractivity contribution in [2.24, 2.45) is 0 Å². The van der Waals surface area contributed by atoms with Gasteiger partial charge in [0.1, 0.15) is 0 Å². The third-order valence-corrected chi connectivity index (χ3v) is 1.10. The lowest BCUT2D eigenvalue weighted by atomic mass is 10.3. The molecule has 0 aromatic heterocycles. The maximum Gasteiger partial charge on any atom is 0.269 e. The van der Waals surface area contributed by atoms with Crippen LogP contribution in [-0.4, -0.2) is 4.92 Å². The average molecular weight is 211 g/mol. The van der Waals surface area contributed by atoms with Crippen molar-refractivity contribution in [1.29, 1.82) is 0 Å². The monoisotopic (exact) mass is 210 g/mol. The van der Waals surface area contributed by atoms with Gasteiger partial charge in [-0.3, -0.25) is 10.1 Å². The Morgan fingerprint density at radius 1 is 1.17 bits per heavy atom. The second-order valence-corrected chi connectivity index (χ2v) is 1.85. The van der Waals surface area contributed by atoms with E-state index in [0.717, 1.165) is 0 Å². The van der Waals surface area contributed by atoms with E-state index >= 15 is 0 Å². The first-order valence-corrected chi connectivity index (χ1v) is 2.70. The normalized spacial score (nSPS) is 7.67. The van der Waals surface area contributed by atoms with E-state index in [1.54, 1.807) is 0 Å². The van der Waals surface area contributed by atoms with Crippen LogP contribution >= 0.6 is 24.8 Å². The quantitative estimate of drug-likeness (QED) is 0.438. The van der Waals surface area contributed by atoms with Crippen LogP contribution in [0.25, 0.3) is 0 Å². The van der Waals surface area contributed by atoms with Crippen LogP contribution in [0.2, 0.25) is 0 Å². The summed E-state index contributed by atoms with van der Waals surface area (Å²) in [6.07, 6.45) is 0. The lowest BCUT2D eigenvalue weighted by Gasteiger charge is -1.90. The topological polar surface area (TPSA) is 69.2 Å². The number of benzene rings is 1. The highest BCUT2D eigenvalue weighted by Crippen LogP contribution is 2.11. The number of nitro groups is 1. The molecule has 0 bridgehead atoms.